The van der Waals surface area contributed by atoms with Crippen LogP contribution in [0.1, 0.15) is 29.2 Å². The minimum atomic E-state index is -0.775. The lowest BCUT2D eigenvalue weighted by molar-refractivity contribution is 0.0369. The first-order chi connectivity index (χ1) is 15.0. The molecule has 0 bridgehead atoms. The molecule has 0 spiro atoms. The van der Waals surface area contributed by atoms with Crippen LogP contribution in [0.2, 0.25) is 0 Å². The normalized spacial score (nSPS) is 18.9. The first-order valence-electron chi connectivity index (χ1n) is 10.4. The number of aromatic nitrogens is 1. The van der Waals surface area contributed by atoms with Gasteiger partial charge in [-0.2, -0.15) is 5.26 Å². The fraction of sp³-hybridized carbons (Fsp3) is 0.391. The van der Waals surface area contributed by atoms with Crippen LogP contribution >= 0.6 is 0 Å². The Kier molecular flexibility index (Phi) is 6.07. The third-order valence-corrected chi connectivity index (χ3v) is 5.83. The SMILES string of the molecule is Cc1cc2c(c(=O)n1CCCN1CCOCC1)C(c1cccc(F)c1)C(C#N)=C(N)O2. The summed E-state index contributed by atoms with van der Waals surface area (Å²) in [5.41, 5.74) is 7.40. The maximum atomic E-state index is 14.0. The molecule has 1 atom stereocenters. The maximum absolute atomic E-state index is 14.0. The van der Waals surface area contributed by atoms with Crippen LogP contribution in [-0.2, 0) is 11.3 Å². The predicted molar refractivity (Wildman–Crippen MR) is 113 cm³/mol. The molecular formula is C23H25FN4O3. The lowest BCUT2D eigenvalue weighted by Gasteiger charge is -2.28. The van der Waals surface area contributed by atoms with E-state index in [9.17, 15) is 14.4 Å². The van der Waals surface area contributed by atoms with Gasteiger partial charge in [0.2, 0.25) is 5.88 Å². The molecule has 4 rings (SSSR count). The van der Waals surface area contributed by atoms with E-state index >= 15 is 0 Å². The molecule has 1 fully saturated rings. The number of fused-ring (bicyclic) bond motifs is 1. The highest BCUT2D eigenvalue weighted by molar-refractivity contribution is 5.55. The van der Waals surface area contributed by atoms with Gasteiger partial charge in [0.25, 0.3) is 5.56 Å². The molecule has 0 aliphatic carbocycles. The monoisotopic (exact) mass is 424 g/mol. The molecule has 1 aromatic heterocycles. The van der Waals surface area contributed by atoms with Gasteiger partial charge in [-0.3, -0.25) is 9.69 Å². The van der Waals surface area contributed by atoms with E-state index in [1.165, 1.54) is 12.1 Å². The van der Waals surface area contributed by atoms with E-state index in [0.29, 0.717) is 23.4 Å². The second-order valence-electron chi connectivity index (χ2n) is 7.81. The molecule has 0 amide bonds. The number of pyridine rings is 1. The van der Waals surface area contributed by atoms with Crippen molar-refractivity contribution in [2.45, 2.75) is 25.8 Å². The number of nitriles is 1. The number of hydrogen-bond donors (Lipinski definition) is 1. The van der Waals surface area contributed by atoms with Gasteiger partial charge < -0.3 is 19.8 Å². The van der Waals surface area contributed by atoms with Crippen molar-refractivity contribution in [2.24, 2.45) is 5.73 Å². The molecule has 0 saturated carbocycles. The second-order valence-corrected chi connectivity index (χ2v) is 7.81. The van der Waals surface area contributed by atoms with Gasteiger partial charge >= 0.3 is 0 Å². The van der Waals surface area contributed by atoms with Gasteiger partial charge in [-0.25, -0.2) is 4.39 Å². The number of nitrogens with zero attached hydrogens (tertiary/aromatic N) is 3. The van der Waals surface area contributed by atoms with Crippen LogP contribution in [0, 0.1) is 24.1 Å². The smallest absolute Gasteiger partial charge is 0.258 e. The van der Waals surface area contributed by atoms with Crippen molar-refractivity contribution in [3.63, 3.8) is 0 Å². The Morgan fingerprint density at radius 1 is 1.26 bits per heavy atom. The summed E-state index contributed by atoms with van der Waals surface area (Å²) in [7, 11) is 0. The highest BCUT2D eigenvalue weighted by atomic mass is 19.1. The maximum Gasteiger partial charge on any atom is 0.258 e. The quantitative estimate of drug-likeness (QED) is 0.791. The Hall–Kier alpha value is -3.15. The Bertz CT molecular complexity index is 1110. The molecule has 1 unspecified atom stereocenters. The molecule has 2 aromatic rings. The number of ether oxygens (including phenoxy) is 2. The van der Waals surface area contributed by atoms with Crippen molar-refractivity contribution in [3.8, 4) is 11.8 Å². The zero-order chi connectivity index (χ0) is 22.0. The predicted octanol–water partition coefficient (Wildman–Crippen LogP) is 2.24. The fourth-order valence-corrected chi connectivity index (χ4v) is 4.26. The van der Waals surface area contributed by atoms with E-state index in [1.54, 1.807) is 22.8 Å². The minimum absolute atomic E-state index is 0.0619. The van der Waals surface area contributed by atoms with Crippen LogP contribution in [0.3, 0.4) is 0 Å². The highest BCUT2D eigenvalue weighted by Crippen LogP contribution is 2.40. The molecule has 2 N–H and O–H groups in total. The standard InChI is InChI=1S/C23H25FN4O3/c1-15-12-19-21(23(29)28(15)7-3-6-27-8-10-30-11-9-27)20(18(14-25)22(26)31-19)16-4-2-5-17(24)13-16/h2,4-5,12-13,20H,3,6-11,26H2,1H3. The molecule has 7 nitrogen and oxygen atoms in total. The van der Waals surface area contributed by atoms with Crippen LogP contribution in [-0.4, -0.2) is 42.3 Å². The third-order valence-electron chi connectivity index (χ3n) is 5.83. The fourth-order valence-electron chi connectivity index (χ4n) is 4.26. The topological polar surface area (TPSA) is 93.5 Å². The van der Waals surface area contributed by atoms with Gasteiger partial charge in [0.05, 0.1) is 24.7 Å². The lowest BCUT2D eigenvalue weighted by atomic mass is 9.84. The second kappa shape index (κ2) is 8.92. The Balaban J connectivity index is 1.70. The van der Waals surface area contributed by atoms with Crippen LogP contribution in [0.4, 0.5) is 4.39 Å². The van der Waals surface area contributed by atoms with Gasteiger partial charge in [-0.15, -0.1) is 0 Å². The third kappa shape index (κ3) is 4.20. The number of allylic oxidation sites excluding steroid dienone is 1. The average molecular weight is 424 g/mol. The van der Waals surface area contributed by atoms with Crippen LogP contribution in [0.25, 0.3) is 0 Å². The largest absolute Gasteiger partial charge is 0.440 e. The van der Waals surface area contributed by atoms with Crippen molar-refractivity contribution in [1.29, 1.82) is 5.26 Å². The molecule has 2 aliphatic rings. The van der Waals surface area contributed by atoms with Crippen molar-refractivity contribution in [2.75, 3.05) is 32.8 Å². The van der Waals surface area contributed by atoms with Crippen LogP contribution in [0.15, 0.2) is 46.6 Å². The number of halogens is 1. The molecule has 31 heavy (non-hydrogen) atoms. The molecule has 8 heteroatoms. The van der Waals surface area contributed by atoms with E-state index in [0.717, 1.165) is 45.0 Å². The molecule has 1 aromatic carbocycles. The summed E-state index contributed by atoms with van der Waals surface area (Å²) < 4.78 is 26.7. The summed E-state index contributed by atoms with van der Waals surface area (Å²) in [6, 6.07) is 9.71. The van der Waals surface area contributed by atoms with Gasteiger partial charge in [0.1, 0.15) is 23.2 Å². The summed E-state index contributed by atoms with van der Waals surface area (Å²) in [6.07, 6.45) is 0.800. The molecule has 1 saturated heterocycles. The zero-order valence-electron chi connectivity index (χ0n) is 17.4. The van der Waals surface area contributed by atoms with E-state index in [2.05, 4.69) is 11.0 Å². The van der Waals surface area contributed by atoms with E-state index in [-0.39, 0.29) is 17.0 Å². The van der Waals surface area contributed by atoms with Crippen molar-refractivity contribution in [1.82, 2.24) is 9.47 Å². The Morgan fingerprint density at radius 2 is 2.03 bits per heavy atom. The first-order valence-corrected chi connectivity index (χ1v) is 10.4. The van der Waals surface area contributed by atoms with Crippen molar-refractivity contribution in [3.05, 3.63) is 74.8 Å². The number of benzene rings is 1. The number of rotatable bonds is 5. The van der Waals surface area contributed by atoms with Gasteiger partial charge in [0, 0.05) is 37.9 Å². The summed E-state index contributed by atoms with van der Waals surface area (Å²) in [6.45, 7) is 6.49. The zero-order valence-corrected chi connectivity index (χ0v) is 17.4. The first kappa shape index (κ1) is 21.1. The molecule has 3 heterocycles. The molecule has 0 radical (unpaired) electrons. The molecular weight excluding hydrogens is 399 g/mol. The van der Waals surface area contributed by atoms with Crippen LogP contribution in [0.5, 0.6) is 5.75 Å². The van der Waals surface area contributed by atoms with E-state index in [1.807, 2.05) is 6.92 Å². The minimum Gasteiger partial charge on any atom is -0.440 e. The summed E-state index contributed by atoms with van der Waals surface area (Å²) in [5, 5.41) is 9.70. The van der Waals surface area contributed by atoms with Crippen LogP contribution < -0.4 is 16.0 Å². The Labute approximate surface area is 180 Å². The van der Waals surface area contributed by atoms with Crippen molar-refractivity contribution >= 4 is 0 Å². The molecule has 162 valence electrons. The number of hydrogen-bond acceptors (Lipinski definition) is 6. The summed E-state index contributed by atoms with van der Waals surface area (Å²) in [4.78, 5) is 15.9. The van der Waals surface area contributed by atoms with E-state index in [4.69, 9.17) is 15.2 Å². The van der Waals surface area contributed by atoms with E-state index < -0.39 is 11.7 Å². The number of aryl methyl sites for hydroxylation is 1. The number of nitrogens with two attached hydrogens (primary N) is 1. The van der Waals surface area contributed by atoms with Gasteiger partial charge in [0.15, 0.2) is 0 Å². The summed E-state index contributed by atoms with van der Waals surface area (Å²) in [5.74, 6) is -0.965. The summed E-state index contributed by atoms with van der Waals surface area (Å²) >= 11 is 0. The lowest BCUT2D eigenvalue weighted by Crippen LogP contribution is -2.38. The van der Waals surface area contributed by atoms with Gasteiger partial charge in [-0.1, -0.05) is 12.1 Å². The average Bonchev–Trinajstić information content (AvgIpc) is 2.76. The van der Waals surface area contributed by atoms with Crippen molar-refractivity contribution < 1.29 is 13.9 Å². The van der Waals surface area contributed by atoms with Gasteiger partial charge in [-0.05, 0) is 31.0 Å². The number of morpholine rings is 1. The highest BCUT2D eigenvalue weighted by Gasteiger charge is 2.34. The Morgan fingerprint density at radius 3 is 2.74 bits per heavy atom. The molecule has 2 aliphatic heterocycles.